The summed E-state index contributed by atoms with van der Waals surface area (Å²) in [5, 5.41) is 4.26. The van der Waals surface area contributed by atoms with Gasteiger partial charge in [0.05, 0.1) is 12.1 Å². The topological polar surface area (TPSA) is 63.0 Å². The van der Waals surface area contributed by atoms with Gasteiger partial charge in [-0.1, -0.05) is 0 Å². The van der Waals surface area contributed by atoms with Crippen molar-refractivity contribution in [2.24, 2.45) is 0 Å². The minimum Gasteiger partial charge on any atom is -0.444 e. The molecular weight excluding hydrogens is 386 g/mol. The monoisotopic (exact) mass is 407 g/mol. The van der Waals surface area contributed by atoms with Crippen LogP contribution >= 0.6 is 15.9 Å². The molecular formula is C17H22BrN5O2. The molecule has 0 spiro atoms. The molecule has 2 aliphatic heterocycles. The van der Waals surface area contributed by atoms with Crippen LogP contribution in [0.25, 0.3) is 5.52 Å². The van der Waals surface area contributed by atoms with Crippen molar-refractivity contribution in [3.8, 4) is 0 Å². The maximum absolute atomic E-state index is 12.6. The normalized spacial score (nSPS) is 23.4. The number of carbonyl (C=O) groups is 1. The molecule has 0 N–H and O–H groups in total. The third kappa shape index (κ3) is 3.07. The highest BCUT2D eigenvalue weighted by atomic mass is 79.9. The molecule has 2 aliphatic rings. The summed E-state index contributed by atoms with van der Waals surface area (Å²) in [5.41, 5.74) is 0.504. The minimum atomic E-state index is -0.468. The first-order chi connectivity index (χ1) is 11.8. The van der Waals surface area contributed by atoms with Gasteiger partial charge in [0.2, 0.25) is 0 Å². The highest BCUT2D eigenvalue weighted by Gasteiger charge is 2.44. The number of anilines is 1. The molecule has 2 atom stereocenters. The summed E-state index contributed by atoms with van der Waals surface area (Å²) >= 11 is 3.50. The molecule has 25 heavy (non-hydrogen) atoms. The summed E-state index contributed by atoms with van der Waals surface area (Å²) in [4.78, 5) is 21.3. The second-order valence-electron chi connectivity index (χ2n) is 7.75. The maximum Gasteiger partial charge on any atom is 0.410 e. The number of hydrogen-bond acceptors (Lipinski definition) is 5. The highest BCUT2D eigenvalue weighted by Crippen LogP contribution is 2.34. The largest absolute Gasteiger partial charge is 0.444 e. The number of piperazine rings is 1. The van der Waals surface area contributed by atoms with E-state index in [-0.39, 0.29) is 18.2 Å². The lowest BCUT2D eigenvalue weighted by Gasteiger charge is -2.41. The van der Waals surface area contributed by atoms with E-state index < -0.39 is 5.60 Å². The van der Waals surface area contributed by atoms with E-state index in [1.54, 1.807) is 6.33 Å². The maximum atomic E-state index is 12.6. The lowest BCUT2D eigenvalue weighted by atomic mass is 10.2. The van der Waals surface area contributed by atoms with Crippen LogP contribution in [0.5, 0.6) is 0 Å². The first-order valence-corrected chi connectivity index (χ1v) is 9.36. The SMILES string of the molecule is CC(C)(C)OC(=O)N1C2CCC1CN(c1ncnn3cc(Br)cc13)C2. The van der Waals surface area contributed by atoms with Gasteiger partial charge in [0.25, 0.3) is 0 Å². The Labute approximate surface area is 155 Å². The molecule has 2 aromatic rings. The van der Waals surface area contributed by atoms with E-state index in [9.17, 15) is 4.79 Å². The number of carbonyl (C=O) groups excluding carboxylic acids is 1. The molecule has 7 nitrogen and oxygen atoms in total. The van der Waals surface area contributed by atoms with Crippen LogP contribution < -0.4 is 4.90 Å². The zero-order valence-corrected chi connectivity index (χ0v) is 16.2. The van der Waals surface area contributed by atoms with Gasteiger partial charge >= 0.3 is 6.09 Å². The third-order valence-electron chi connectivity index (χ3n) is 4.74. The molecule has 1 amide bonds. The molecule has 0 saturated carbocycles. The van der Waals surface area contributed by atoms with Crippen molar-refractivity contribution in [1.29, 1.82) is 0 Å². The fraction of sp³-hybridized carbons (Fsp3) is 0.588. The third-order valence-corrected chi connectivity index (χ3v) is 5.17. The van der Waals surface area contributed by atoms with Gasteiger partial charge in [0, 0.05) is 23.8 Å². The molecule has 134 valence electrons. The van der Waals surface area contributed by atoms with Crippen molar-refractivity contribution in [2.75, 3.05) is 18.0 Å². The Morgan fingerprint density at radius 2 is 1.96 bits per heavy atom. The first kappa shape index (κ1) is 16.6. The van der Waals surface area contributed by atoms with Crippen molar-refractivity contribution in [3.05, 3.63) is 23.1 Å². The molecule has 8 heteroatoms. The van der Waals surface area contributed by atoms with E-state index >= 15 is 0 Å². The highest BCUT2D eigenvalue weighted by molar-refractivity contribution is 9.10. The number of fused-ring (bicyclic) bond motifs is 3. The summed E-state index contributed by atoms with van der Waals surface area (Å²) in [6.45, 7) is 7.26. The van der Waals surface area contributed by atoms with E-state index in [1.807, 2.05) is 42.4 Å². The van der Waals surface area contributed by atoms with E-state index in [0.29, 0.717) is 0 Å². The van der Waals surface area contributed by atoms with Crippen molar-refractivity contribution < 1.29 is 9.53 Å². The molecule has 2 aromatic heterocycles. The van der Waals surface area contributed by atoms with Gasteiger partial charge < -0.3 is 9.64 Å². The van der Waals surface area contributed by atoms with Crippen LogP contribution in [0.15, 0.2) is 23.1 Å². The average molecular weight is 408 g/mol. The Hall–Kier alpha value is -1.83. The first-order valence-electron chi connectivity index (χ1n) is 8.57. The average Bonchev–Trinajstić information content (AvgIpc) is 3.01. The predicted molar refractivity (Wildman–Crippen MR) is 97.8 cm³/mol. The lowest BCUT2D eigenvalue weighted by molar-refractivity contribution is 0.0123. The predicted octanol–water partition coefficient (Wildman–Crippen LogP) is 3.08. The second kappa shape index (κ2) is 5.86. The van der Waals surface area contributed by atoms with E-state index in [4.69, 9.17) is 4.74 Å². The van der Waals surface area contributed by atoms with Crippen molar-refractivity contribution in [2.45, 2.75) is 51.3 Å². The Bertz CT molecular complexity index is 801. The van der Waals surface area contributed by atoms with Crippen LogP contribution in [0.4, 0.5) is 10.6 Å². The van der Waals surface area contributed by atoms with Gasteiger partial charge in [-0.25, -0.2) is 14.3 Å². The molecule has 2 fully saturated rings. The second-order valence-corrected chi connectivity index (χ2v) is 8.67. The van der Waals surface area contributed by atoms with Gasteiger partial charge in [-0.2, -0.15) is 5.10 Å². The number of hydrogen-bond donors (Lipinski definition) is 0. The van der Waals surface area contributed by atoms with Crippen LogP contribution in [0.1, 0.15) is 33.6 Å². The smallest absolute Gasteiger partial charge is 0.410 e. The van der Waals surface area contributed by atoms with Crippen LogP contribution in [0.2, 0.25) is 0 Å². The summed E-state index contributed by atoms with van der Waals surface area (Å²) in [7, 11) is 0. The number of amides is 1. The van der Waals surface area contributed by atoms with Gasteiger partial charge in [-0.15, -0.1) is 0 Å². The molecule has 2 saturated heterocycles. The zero-order valence-electron chi connectivity index (χ0n) is 14.6. The molecule has 2 unspecified atom stereocenters. The summed E-state index contributed by atoms with van der Waals surface area (Å²) < 4.78 is 8.41. The van der Waals surface area contributed by atoms with E-state index in [2.05, 4.69) is 30.9 Å². The van der Waals surface area contributed by atoms with Crippen LogP contribution in [0, 0.1) is 0 Å². The Morgan fingerprint density at radius 1 is 1.28 bits per heavy atom. The fourth-order valence-electron chi connectivity index (χ4n) is 3.82. The number of ether oxygens (including phenoxy) is 1. The minimum absolute atomic E-state index is 0.169. The van der Waals surface area contributed by atoms with Crippen LogP contribution in [-0.2, 0) is 4.74 Å². The Morgan fingerprint density at radius 3 is 2.60 bits per heavy atom. The molecule has 4 rings (SSSR count). The Kier molecular flexibility index (Phi) is 3.90. The van der Waals surface area contributed by atoms with Gasteiger partial charge in [0.1, 0.15) is 17.4 Å². The number of nitrogens with zero attached hydrogens (tertiary/aromatic N) is 5. The van der Waals surface area contributed by atoms with Crippen molar-refractivity contribution in [3.63, 3.8) is 0 Å². The lowest BCUT2D eigenvalue weighted by Crippen LogP contribution is -2.57. The van der Waals surface area contributed by atoms with Gasteiger partial charge in [-0.3, -0.25) is 4.90 Å². The quantitative estimate of drug-likeness (QED) is 0.726. The summed E-state index contributed by atoms with van der Waals surface area (Å²) in [6.07, 6.45) is 5.32. The van der Waals surface area contributed by atoms with Gasteiger partial charge in [0.15, 0.2) is 5.82 Å². The number of rotatable bonds is 1. The Balaban J connectivity index is 1.58. The van der Waals surface area contributed by atoms with Crippen molar-refractivity contribution >= 4 is 33.4 Å². The molecule has 4 heterocycles. The summed E-state index contributed by atoms with van der Waals surface area (Å²) in [5.74, 6) is 0.918. The molecule has 0 aliphatic carbocycles. The standard InChI is InChI=1S/C17H22BrN5O2/c1-17(2,3)25-16(24)23-12-4-5-13(23)9-21(8-12)15-14-6-11(18)7-22(14)20-10-19-15/h6-7,10,12-13H,4-5,8-9H2,1-3H3. The van der Waals surface area contributed by atoms with E-state index in [0.717, 1.165) is 41.7 Å². The van der Waals surface area contributed by atoms with Crippen molar-refractivity contribution in [1.82, 2.24) is 19.5 Å². The number of halogens is 1. The van der Waals surface area contributed by atoms with Gasteiger partial charge in [-0.05, 0) is 55.6 Å². The van der Waals surface area contributed by atoms with E-state index in [1.165, 1.54) is 0 Å². The fourth-order valence-corrected chi connectivity index (χ4v) is 4.23. The zero-order chi connectivity index (χ0) is 17.8. The van der Waals surface area contributed by atoms with Crippen LogP contribution in [-0.4, -0.2) is 56.4 Å². The van der Waals surface area contributed by atoms with Crippen LogP contribution in [0.3, 0.4) is 0 Å². The molecule has 0 radical (unpaired) electrons. The molecule has 0 aromatic carbocycles. The summed E-state index contributed by atoms with van der Waals surface area (Å²) in [6, 6.07) is 2.36. The molecule has 2 bridgehead atoms. The number of aromatic nitrogens is 3.